The van der Waals surface area contributed by atoms with Crippen LogP contribution >= 0.6 is 0 Å². The lowest BCUT2D eigenvalue weighted by Gasteiger charge is -2.09. The highest BCUT2D eigenvalue weighted by molar-refractivity contribution is 5.88. The molecule has 122 valence electrons. The molecule has 4 heteroatoms. The van der Waals surface area contributed by atoms with Gasteiger partial charge in [-0.05, 0) is 42.3 Å². The van der Waals surface area contributed by atoms with E-state index >= 15 is 0 Å². The van der Waals surface area contributed by atoms with Gasteiger partial charge >= 0.3 is 0 Å². The Morgan fingerprint density at radius 2 is 1.68 bits per heavy atom. The van der Waals surface area contributed by atoms with Gasteiger partial charge in [-0.3, -0.25) is 9.78 Å². The highest BCUT2D eigenvalue weighted by Gasteiger charge is 2.05. The Hall–Kier alpha value is -3.40. The van der Waals surface area contributed by atoms with E-state index in [9.17, 15) is 4.79 Å². The molecule has 0 atom stereocenters. The standard InChI is InChI=1S/C12H7NO2.C9H8O/c14-12-8-3-1-2-4-10(8)15-11-7-13-6-5-9(11)12;1-2-6-9-8(4-1)5-3-7-10-9/h1-7H;1-4,6-7H,5H2. The summed E-state index contributed by atoms with van der Waals surface area (Å²) >= 11 is 0. The van der Waals surface area contributed by atoms with Crippen LogP contribution in [0.4, 0.5) is 0 Å². The van der Waals surface area contributed by atoms with Crippen molar-refractivity contribution in [3.05, 3.63) is 95.1 Å². The average molecular weight is 329 g/mol. The van der Waals surface area contributed by atoms with Crippen molar-refractivity contribution >= 4 is 21.9 Å². The van der Waals surface area contributed by atoms with Crippen molar-refractivity contribution in [3.8, 4) is 5.75 Å². The van der Waals surface area contributed by atoms with Crippen LogP contribution in [0.25, 0.3) is 21.9 Å². The number of aromatic nitrogens is 1. The second kappa shape index (κ2) is 6.61. The first kappa shape index (κ1) is 15.1. The zero-order valence-electron chi connectivity index (χ0n) is 13.4. The van der Waals surface area contributed by atoms with Gasteiger partial charge in [-0.15, -0.1) is 0 Å². The zero-order chi connectivity index (χ0) is 17.1. The summed E-state index contributed by atoms with van der Waals surface area (Å²) in [7, 11) is 0. The molecule has 2 aromatic carbocycles. The quantitative estimate of drug-likeness (QED) is 0.446. The molecule has 4 nitrogen and oxygen atoms in total. The largest absolute Gasteiger partial charge is 0.465 e. The number of pyridine rings is 1. The van der Waals surface area contributed by atoms with E-state index in [4.69, 9.17) is 9.15 Å². The Bertz CT molecular complexity index is 1040. The summed E-state index contributed by atoms with van der Waals surface area (Å²) in [6, 6.07) is 17.0. The number of rotatable bonds is 0. The molecule has 0 spiro atoms. The van der Waals surface area contributed by atoms with Gasteiger partial charge in [0.15, 0.2) is 5.58 Å². The number of allylic oxidation sites excluding steroid dienone is 1. The number of hydrogen-bond donors (Lipinski definition) is 0. The van der Waals surface area contributed by atoms with Crippen LogP contribution in [0, 0.1) is 0 Å². The van der Waals surface area contributed by atoms with E-state index in [1.54, 1.807) is 36.9 Å². The number of nitrogens with zero attached hydrogens (tertiary/aromatic N) is 1. The van der Waals surface area contributed by atoms with Gasteiger partial charge in [-0.2, -0.15) is 0 Å². The fourth-order valence-electron chi connectivity index (χ4n) is 2.74. The van der Waals surface area contributed by atoms with E-state index in [1.165, 1.54) is 5.56 Å². The summed E-state index contributed by atoms with van der Waals surface area (Å²) in [5, 5.41) is 1.18. The Morgan fingerprint density at radius 3 is 2.60 bits per heavy atom. The topological polar surface area (TPSA) is 52.3 Å². The van der Waals surface area contributed by atoms with Gasteiger partial charge in [0.25, 0.3) is 0 Å². The second-order valence-electron chi connectivity index (χ2n) is 5.60. The van der Waals surface area contributed by atoms with Crippen LogP contribution in [0.5, 0.6) is 5.75 Å². The highest BCUT2D eigenvalue weighted by atomic mass is 16.5. The molecule has 25 heavy (non-hydrogen) atoms. The third-order valence-corrected chi connectivity index (χ3v) is 3.98. The summed E-state index contributed by atoms with van der Waals surface area (Å²) in [4.78, 5) is 15.9. The molecule has 3 heterocycles. The molecule has 0 radical (unpaired) electrons. The minimum absolute atomic E-state index is 0.00532. The van der Waals surface area contributed by atoms with Crippen LogP contribution in [-0.4, -0.2) is 4.98 Å². The normalized spacial score (nSPS) is 12.2. The first-order valence-corrected chi connectivity index (χ1v) is 7.98. The maximum absolute atomic E-state index is 12.0. The van der Waals surface area contributed by atoms with E-state index in [2.05, 4.69) is 11.1 Å². The molecule has 1 aliphatic heterocycles. The smallest absolute Gasteiger partial charge is 0.200 e. The average Bonchev–Trinajstić information content (AvgIpc) is 2.69. The summed E-state index contributed by atoms with van der Waals surface area (Å²) in [5.74, 6) is 0.991. The van der Waals surface area contributed by atoms with Crippen molar-refractivity contribution in [2.45, 2.75) is 6.42 Å². The lowest BCUT2D eigenvalue weighted by molar-refractivity contribution is 0.464. The molecule has 2 aromatic heterocycles. The molecule has 4 aromatic rings. The minimum Gasteiger partial charge on any atom is -0.465 e. The van der Waals surface area contributed by atoms with Crippen LogP contribution in [-0.2, 0) is 6.42 Å². The maximum Gasteiger partial charge on any atom is 0.200 e. The third-order valence-electron chi connectivity index (χ3n) is 3.98. The van der Waals surface area contributed by atoms with E-state index in [0.29, 0.717) is 21.9 Å². The molecule has 0 bridgehead atoms. The molecule has 5 rings (SSSR count). The van der Waals surface area contributed by atoms with Gasteiger partial charge in [0.2, 0.25) is 5.43 Å². The fourth-order valence-corrected chi connectivity index (χ4v) is 2.74. The number of hydrogen-bond acceptors (Lipinski definition) is 4. The molecule has 0 saturated carbocycles. The van der Waals surface area contributed by atoms with Gasteiger partial charge in [-0.1, -0.05) is 30.3 Å². The molecule has 0 amide bonds. The first-order chi connectivity index (χ1) is 12.3. The van der Waals surface area contributed by atoms with E-state index in [-0.39, 0.29) is 5.43 Å². The van der Waals surface area contributed by atoms with Crippen LogP contribution in [0.2, 0.25) is 0 Å². The van der Waals surface area contributed by atoms with Gasteiger partial charge in [0, 0.05) is 6.20 Å². The highest BCUT2D eigenvalue weighted by Crippen LogP contribution is 2.21. The molecule has 0 saturated heterocycles. The predicted octanol–water partition coefficient (Wildman–Crippen LogP) is 4.48. The van der Waals surface area contributed by atoms with Gasteiger partial charge in [-0.25, -0.2) is 0 Å². The van der Waals surface area contributed by atoms with Crippen molar-refractivity contribution in [3.63, 3.8) is 0 Å². The number of ether oxygens (including phenoxy) is 1. The predicted molar refractivity (Wildman–Crippen MR) is 97.7 cm³/mol. The Kier molecular flexibility index (Phi) is 4.01. The molecule has 0 aliphatic carbocycles. The van der Waals surface area contributed by atoms with E-state index in [0.717, 1.165) is 12.2 Å². The molecule has 0 unspecified atom stereocenters. The van der Waals surface area contributed by atoms with Crippen LogP contribution in [0.3, 0.4) is 0 Å². The Balaban J connectivity index is 0.000000136. The lowest BCUT2D eigenvalue weighted by atomic mass is 10.1. The number of benzene rings is 2. The number of para-hydroxylation sites is 2. The van der Waals surface area contributed by atoms with Gasteiger partial charge in [0.1, 0.15) is 11.3 Å². The molecular weight excluding hydrogens is 314 g/mol. The van der Waals surface area contributed by atoms with Crippen LogP contribution < -0.4 is 10.2 Å². The van der Waals surface area contributed by atoms with Crippen LogP contribution in [0.15, 0.2) is 88.5 Å². The summed E-state index contributed by atoms with van der Waals surface area (Å²) < 4.78 is 10.8. The monoisotopic (exact) mass is 329 g/mol. The second-order valence-corrected chi connectivity index (χ2v) is 5.60. The summed E-state index contributed by atoms with van der Waals surface area (Å²) in [6.45, 7) is 0. The Morgan fingerprint density at radius 1 is 0.880 bits per heavy atom. The van der Waals surface area contributed by atoms with E-state index < -0.39 is 0 Å². The van der Waals surface area contributed by atoms with Gasteiger partial charge in [0.05, 0.1) is 23.2 Å². The summed E-state index contributed by atoms with van der Waals surface area (Å²) in [5.41, 5.74) is 2.39. The van der Waals surface area contributed by atoms with E-state index in [1.807, 2.05) is 36.4 Å². The van der Waals surface area contributed by atoms with Crippen molar-refractivity contribution in [1.82, 2.24) is 4.98 Å². The molecular formula is C21H15NO3. The number of fused-ring (bicyclic) bond motifs is 3. The zero-order valence-corrected chi connectivity index (χ0v) is 13.4. The Labute approximate surface area is 144 Å². The van der Waals surface area contributed by atoms with Crippen molar-refractivity contribution in [2.24, 2.45) is 0 Å². The first-order valence-electron chi connectivity index (χ1n) is 7.98. The maximum atomic E-state index is 12.0. The molecule has 0 fully saturated rings. The van der Waals surface area contributed by atoms with Crippen molar-refractivity contribution in [1.29, 1.82) is 0 Å². The third kappa shape index (κ3) is 3.02. The SMILES string of the molecule is C1=COc2ccccc2C1.O=c1c2ccccc2oc2cnccc12. The van der Waals surface area contributed by atoms with Crippen molar-refractivity contribution in [2.75, 3.05) is 0 Å². The van der Waals surface area contributed by atoms with Crippen molar-refractivity contribution < 1.29 is 9.15 Å². The minimum atomic E-state index is -0.00532. The molecule has 1 aliphatic rings. The molecule has 0 N–H and O–H groups in total. The summed E-state index contributed by atoms with van der Waals surface area (Å²) in [6.07, 6.45) is 7.90. The fraction of sp³-hybridized carbons (Fsp3) is 0.0476. The van der Waals surface area contributed by atoms with Crippen LogP contribution in [0.1, 0.15) is 5.56 Å². The lowest BCUT2D eigenvalue weighted by Crippen LogP contribution is -2.01. The van der Waals surface area contributed by atoms with Gasteiger partial charge < -0.3 is 9.15 Å².